The maximum absolute atomic E-state index is 12.7. The van der Waals surface area contributed by atoms with Crippen LogP contribution in [-0.4, -0.2) is 11.5 Å². The average molecular weight is 311 g/mol. The van der Waals surface area contributed by atoms with Gasteiger partial charge in [0, 0.05) is 17.2 Å². The molecule has 96 valence electrons. The van der Waals surface area contributed by atoms with Crippen molar-refractivity contribution in [1.29, 1.82) is 0 Å². The van der Waals surface area contributed by atoms with Gasteiger partial charge in [0.25, 0.3) is 0 Å². The first-order chi connectivity index (χ1) is 7.95. The number of unbranched alkanes of at least 4 members (excludes halogenated alkanes) is 2. The Hall–Kier alpha value is -0.780. The molecule has 0 saturated carbocycles. The summed E-state index contributed by atoms with van der Waals surface area (Å²) in [5, 5.41) is 2.73. The fourth-order valence-electron chi connectivity index (χ4n) is 1.38. The molecule has 0 aliphatic carbocycles. The molecule has 2 nitrogen and oxygen atoms in total. The van der Waals surface area contributed by atoms with Crippen LogP contribution in [0.4, 0.5) is 19.0 Å². The molecule has 17 heavy (non-hydrogen) atoms. The first-order valence-electron chi connectivity index (χ1n) is 5.41. The Morgan fingerprint density at radius 3 is 2.65 bits per heavy atom. The highest BCUT2D eigenvalue weighted by Gasteiger charge is 2.34. The lowest BCUT2D eigenvalue weighted by Gasteiger charge is -2.13. The molecule has 0 atom stereocenters. The molecule has 0 radical (unpaired) electrons. The number of hydrogen-bond acceptors (Lipinski definition) is 2. The van der Waals surface area contributed by atoms with Crippen molar-refractivity contribution in [3.05, 3.63) is 22.3 Å². The van der Waals surface area contributed by atoms with E-state index in [-0.39, 0.29) is 5.82 Å². The topological polar surface area (TPSA) is 24.9 Å². The smallest absolute Gasteiger partial charge is 0.370 e. The molecule has 0 fully saturated rings. The van der Waals surface area contributed by atoms with Gasteiger partial charge < -0.3 is 5.32 Å². The Kier molecular flexibility index (Phi) is 5.24. The number of rotatable bonds is 5. The van der Waals surface area contributed by atoms with Crippen molar-refractivity contribution in [3.63, 3.8) is 0 Å². The number of alkyl halides is 3. The zero-order valence-electron chi connectivity index (χ0n) is 9.44. The van der Waals surface area contributed by atoms with E-state index in [1.807, 2.05) is 6.92 Å². The van der Waals surface area contributed by atoms with Gasteiger partial charge in [-0.1, -0.05) is 19.8 Å². The van der Waals surface area contributed by atoms with E-state index in [1.54, 1.807) is 0 Å². The minimum Gasteiger partial charge on any atom is -0.370 e. The van der Waals surface area contributed by atoms with Crippen molar-refractivity contribution in [2.75, 3.05) is 11.9 Å². The molecule has 0 aliphatic rings. The van der Waals surface area contributed by atoms with Crippen molar-refractivity contribution in [2.24, 2.45) is 0 Å². The Morgan fingerprint density at radius 2 is 2.06 bits per heavy atom. The number of nitrogens with one attached hydrogen (secondary N) is 1. The summed E-state index contributed by atoms with van der Waals surface area (Å²) in [5.41, 5.74) is -0.733. The van der Waals surface area contributed by atoms with Crippen molar-refractivity contribution >= 4 is 21.7 Å². The molecule has 1 N–H and O–H groups in total. The van der Waals surface area contributed by atoms with E-state index in [0.29, 0.717) is 11.0 Å². The van der Waals surface area contributed by atoms with E-state index in [1.165, 1.54) is 6.20 Å². The number of aromatic nitrogens is 1. The minimum absolute atomic E-state index is 0.100. The van der Waals surface area contributed by atoms with Crippen LogP contribution in [0.3, 0.4) is 0 Å². The van der Waals surface area contributed by atoms with Gasteiger partial charge in [0.2, 0.25) is 0 Å². The van der Waals surface area contributed by atoms with Crippen LogP contribution in [0.2, 0.25) is 0 Å². The Labute approximate surface area is 107 Å². The lowest BCUT2D eigenvalue weighted by molar-refractivity contribution is -0.137. The summed E-state index contributed by atoms with van der Waals surface area (Å²) in [6, 6.07) is 1.04. The lowest BCUT2D eigenvalue weighted by atomic mass is 10.2. The van der Waals surface area contributed by atoms with E-state index in [4.69, 9.17) is 0 Å². The molecule has 0 aliphatic heterocycles. The first-order valence-corrected chi connectivity index (χ1v) is 6.21. The summed E-state index contributed by atoms with van der Waals surface area (Å²) in [4.78, 5) is 3.76. The predicted octanol–water partition coefficient (Wildman–Crippen LogP) is 4.47. The Morgan fingerprint density at radius 1 is 1.35 bits per heavy atom. The van der Waals surface area contributed by atoms with Gasteiger partial charge in [-0.2, -0.15) is 13.2 Å². The van der Waals surface area contributed by atoms with E-state index in [0.717, 1.165) is 25.3 Å². The van der Waals surface area contributed by atoms with E-state index in [2.05, 4.69) is 26.2 Å². The number of halogens is 4. The van der Waals surface area contributed by atoms with Gasteiger partial charge in [0.1, 0.15) is 5.82 Å². The fourth-order valence-corrected chi connectivity index (χ4v) is 1.71. The van der Waals surface area contributed by atoms with Crippen LogP contribution < -0.4 is 5.32 Å². The second-order valence-corrected chi connectivity index (χ2v) is 4.60. The second-order valence-electron chi connectivity index (χ2n) is 3.68. The van der Waals surface area contributed by atoms with Gasteiger partial charge in [-0.15, -0.1) is 0 Å². The summed E-state index contributed by atoms with van der Waals surface area (Å²) < 4.78 is 38.4. The van der Waals surface area contributed by atoms with Crippen molar-refractivity contribution in [2.45, 2.75) is 32.4 Å². The van der Waals surface area contributed by atoms with E-state index < -0.39 is 11.7 Å². The van der Waals surface area contributed by atoms with Crippen molar-refractivity contribution in [1.82, 2.24) is 4.98 Å². The first kappa shape index (κ1) is 14.3. The van der Waals surface area contributed by atoms with Crippen molar-refractivity contribution < 1.29 is 13.2 Å². The van der Waals surface area contributed by atoms with Crippen LogP contribution >= 0.6 is 15.9 Å². The molecule has 1 heterocycles. The van der Waals surface area contributed by atoms with Crippen molar-refractivity contribution in [3.8, 4) is 0 Å². The second kappa shape index (κ2) is 6.23. The van der Waals surface area contributed by atoms with Gasteiger partial charge in [-0.05, 0) is 28.4 Å². The maximum atomic E-state index is 12.7. The van der Waals surface area contributed by atoms with Crippen LogP contribution in [0.1, 0.15) is 31.7 Å². The van der Waals surface area contributed by atoms with Gasteiger partial charge in [-0.3, -0.25) is 0 Å². The molecule has 0 unspecified atom stereocenters. The highest BCUT2D eigenvalue weighted by Crippen LogP contribution is 2.35. The number of nitrogens with zero attached hydrogens (tertiary/aromatic N) is 1. The molecule has 0 aromatic carbocycles. The highest BCUT2D eigenvalue weighted by atomic mass is 79.9. The van der Waals surface area contributed by atoms with Gasteiger partial charge in [0.15, 0.2) is 0 Å². The molecular weight excluding hydrogens is 297 g/mol. The molecule has 0 spiro atoms. The van der Waals surface area contributed by atoms with Crippen LogP contribution in [0, 0.1) is 0 Å². The molecular formula is C11H14BrF3N2. The fraction of sp³-hybridized carbons (Fsp3) is 0.545. The van der Waals surface area contributed by atoms with E-state index >= 15 is 0 Å². The zero-order chi connectivity index (χ0) is 12.9. The molecule has 0 bridgehead atoms. The quantitative estimate of drug-likeness (QED) is 0.812. The number of hydrogen-bond donors (Lipinski definition) is 1. The highest BCUT2D eigenvalue weighted by molar-refractivity contribution is 9.10. The van der Waals surface area contributed by atoms with Crippen LogP contribution in [-0.2, 0) is 6.18 Å². The lowest BCUT2D eigenvalue weighted by Crippen LogP contribution is -2.13. The monoisotopic (exact) mass is 310 g/mol. The van der Waals surface area contributed by atoms with Gasteiger partial charge in [0.05, 0.1) is 5.56 Å². The molecule has 0 amide bonds. The largest absolute Gasteiger partial charge is 0.419 e. The Balaban J connectivity index is 2.77. The third kappa shape index (κ3) is 4.53. The summed E-state index contributed by atoms with van der Waals surface area (Å²) in [5.74, 6) is -0.100. The van der Waals surface area contributed by atoms with Crippen LogP contribution in [0.25, 0.3) is 0 Å². The van der Waals surface area contributed by atoms with Crippen LogP contribution in [0.5, 0.6) is 0 Å². The summed E-state index contributed by atoms with van der Waals surface area (Å²) >= 11 is 2.99. The summed E-state index contributed by atoms with van der Waals surface area (Å²) in [7, 11) is 0. The number of anilines is 1. The Bertz CT molecular complexity index is 366. The average Bonchev–Trinajstić information content (AvgIpc) is 2.25. The maximum Gasteiger partial charge on any atom is 0.419 e. The molecule has 6 heteroatoms. The molecule has 1 rings (SSSR count). The summed E-state index contributed by atoms with van der Waals surface area (Å²) in [6.07, 6.45) is -0.167. The summed E-state index contributed by atoms with van der Waals surface area (Å²) in [6.45, 7) is 2.55. The van der Waals surface area contributed by atoms with Crippen LogP contribution in [0.15, 0.2) is 16.7 Å². The molecule has 1 aromatic rings. The van der Waals surface area contributed by atoms with Gasteiger partial charge >= 0.3 is 6.18 Å². The third-order valence-corrected chi connectivity index (χ3v) is 2.67. The third-order valence-electron chi connectivity index (χ3n) is 2.23. The SMILES string of the molecule is CCCCCNc1ncc(Br)cc1C(F)(F)F. The predicted molar refractivity (Wildman–Crippen MR) is 65.0 cm³/mol. The number of pyridine rings is 1. The normalized spacial score (nSPS) is 11.6. The van der Waals surface area contributed by atoms with Gasteiger partial charge in [-0.25, -0.2) is 4.98 Å². The van der Waals surface area contributed by atoms with E-state index in [9.17, 15) is 13.2 Å². The standard InChI is InChI=1S/C11H14BrF3N2/c1-2-3-4-5-16-10-9(11(13,14)15)6-8(12)7-17-10/h6-7H,2-5H2,1H3,(H,16,17). The zero-order valence-corrected chi connectivity index (χ0v) is 11.0. The molecule has 0 saturated heterocycles. The minimum atomic E-state index is -4.39. The molecule has 1 aromatic heterocycles.